The highest BCUT2D eigenvalue weighted by molar-refractivity contribution is 6.03. The van der Waals surface area contributed by atoms with Gasteiger partial charge in [-0.2, -0.15) is 0 Å². The van der Waals surface area contributed by atoms with Crippen molar-refractivity contribution >= 4 is 17.7 Å². The smallest absolute Gasteiger partial charge is 0.326 e. The summed E-state index contributed by atoms with van der Waals surface area (Å²) in [6.45, 7) is 6.65. The predicted octanol–water partition coefficient (Wildman–Crippen LogP) is 2.13. The van der Waals surface area contributed by atoms with E-state index >= 15 is 0 Å². The van der Waals surface area contributed by atoms with Crippen LogP contribution in [0.3, 0.4) is 0 Å². The summed E-state index contributed by atoms with van der Waals surface area (Å²) >= 11 is 0. The van der Waals surface area contributed by atoms with Crippen LogP contribution in [0.2, 0.25) is 0 Å². The number of hydrogen-bond donors (Lipinski definition) is 3. The molecule has 0 aromatic heterocycles. The number of ketones is 1. The Morgan fingerprint density at radius 3 is 2.63 bits per heavy atom. The van der Waals surface area contributed by atoms with Crippen molar-refractivity contribution in [1.82, 2.24) is 5.32 Å². The number of hydrogen-bond acceptors (Lipinski definition) is 6. The molecular weight excluding hydrogens is 354 g/mol. The van der Waals surface area contributed by atoms with Gasteiger partial charge in [0, 0.05) is 12.1 Å². The largest absolute Gasteiger partial charge is 0.507 e. The van der Waals surface area contributed by atoms with E-state index in [1.54, 1.807) is 20.8 Å². The van der Waals surface area contributed by atoms with Crippen molar-refractivity contribution in [3.8, 4) is 17.2 Å². The summed E-state index contributed by atoms with van der Waals surface area (Å²) < 4.78 is 11.1. The minimum Gasteiger partial charge on any atom is -0.507 e. The topological polar surface area (TPSA) is 122 Å². The Morgan fingerprint density at radius 1 is 1.37 bits per heavy atom. The number of Topliss-reactive ketones (excluding diaryl/α,β-unsaturated/α-hetero) is 1. The highest BCUT2D eigenvalue weighted by Crippen LogP contribution is 2.40. The van der Waals surface area contributed by atoms with Crippen LogP contribution >= 0.6 is 0 Å². The monoisotopic (exact) mass is 379 g/mol. The summed E-state index contributed by atoms with van der Waals surface area (Å²) in [6, 6.07) is 1.66. The SMILES string of the molecule is CC[C@@H](C)[C@@H](NC(=O)COc1cc(O)c2c(c1)OC(C)(C)CC2=O)C(=O)O. The molecule has 0 aliphatic carbocycles. The van der Waals surface area contributed by atoms with Crippen LogP contribution in [0.25, 0.3) is 0 Å². The van der Waals surface area contributed by atoms with Gasteiger partial charge in [0.1, 0.15) is 34.5 Å². The molecular formula is C19H25NO7. The van der Waals surface area contributed by atoms with Gasteiger partial charge in [-0.05, 0) is 19.8 Å². The van der Waals surface area contributed by atoms with Crippen LogP contribution in [0, 0.1) is 5.92 Å². The minimum absolute atomic E-state index is 0.0915. The molecule has 0 bridgehead atoms. The van der Waals surface area contributed by atoms with Crippen molar-refractivity contribution < 1.29 is 34.1 Å². The van der Waals surface area contributed by atoms with E-state index in [0.29, 0.717) is 6.42 Å². The Hall–Kier alpha value is -2.77. The molecule has 1 heterocycles. The van der Waals surface area contributed by atoms with Gasteiger partial charge < -0.3 is 25.0 Å². The second kappa shape index (κ2) is 7.85. The number of nitrogens with one attached hydrogen (secondary N) is 1. The van der Waals surface area contributed by atoms with Gasteiger partial charge in [-0.15, -0.1) is 0 Å². The number of aliphatic carboxylic acids is 1. The average molecular weight is 379 g/mol. The van der Waals surface area contributed by atoms with Crippen molar-refractivity contribution in [2.75, 3.05) is 6.61 Å². The number of phenolic OH excluding ortho intramolecular Hbond substituents is 1. The number of benzene rings is 1. The van der Waals surface area contributed by atoms with Crippen molar-refractivity contribution in [3.05, 3.63) is 17.7 Å². The number of carboxylic acid groups (broad SMARTS) is 1. The Balaban J connectivity index is 2.08. The molecule has 8 heteroatoms. The lowest BCUT2D eigenvalue weighted by atomic mass is 9.92. The summed E-state index contributed by atoms with van der Waals surface area (Å²) in [5, 5.41) is 21.7. The molecule has 0 fully saturated rings. The van der Waals surface area contributed by atoms with Crippen molar-refractivity contribution in [3.63, 3.8) is 0 Å². The van der Waals surface area contributed by atoms with E-state index in [-0.39, 0.29) is 40.9 Å². The standard InChI is InChI=1S/C19H25NO7/c1-5-10(2)17(18(24)25)20-15(23)9-26-11-6-12(21)16-13(22)8-19(3,4)27-14(16)7-11/h6-7,10,17,21H,5,8-9H2,1-4H3,(H,20,23)(H,24,25)/t10-,17-/m1/s1. The molecule has 2 rings (SSSR count). The zero-order chi connectivity index (χ0) is 20.4. The Kier molecular flexibility index (Phi) is 5.98. The summed E-state index contributed by atoms with van der Waals surface area (Å²) in [6.07, 6.45) is 0.736. The van der Waals surface area contributed by atoms with Gasteiger partial charge in [0.05, 0.1) is 6.42 Å². The summed E-state index contributed by atoms with van der Waals surface area (Å²) in [5.41, 5.74) is -0.619. The molecule has 3 N–H and O–H groups in total. The number of rotatable bonds is 7. The van der Waals surface area contributed by atoms with Crippen LogP contribution in [0.5, 0.6) is 17.2 Å². The van der Waals surface area contributed by atoms with Crippen molar-refractivity contribution in [2.45, 2.75) is 52.2 Å². The maximum Gasteiger partial charge on any atom is 0.326 e. The molecule has 0 spiro atoms. The van der Waals surface area contributed by atoms with Gasteiger partial charge in [-0.25, -0.2) is 4.79 Å². The molecule has 0 radical (unpaired) electrons. The molecule has 2 atom stereocenters. The second-order valence-corrected chi connectivity index (χ2v) is 7.33. The minimum atomic E-state index is -1.11. The van der Waals surface area contributed by atoms with E-state index in [9.17, 15) is 24.6 Å². The van der Waals surface area contributed by atoms with E-state index in [1.807, 2.05) is 6.92 Å². The third-order valence-electron chi connectivity index (χ3n) is 4.47. The van der Waals surface area contributed by atoms with E-state index in [2.05, 4.69) is 5.32 Å². The van der Waals surface area contributed by atoms with Gasteiger partial charge in [0.2, 0.25) is 0 Å². The first-order valence-electron chi connectivity index (χ1n) is 8.78. The molecule has 27 heavy (non-hydrogen) atoms. The third-order valence-corrected chi connectivity index (χ3v) is 4.47. The zero-order valence-electron chi connectivity index (χ0n) is 15.9. The predicted molar refractivity (Wildman–Crippen MR) is 96.3 cm³/mol. The Morgan fingerprint density at radius 2 is 2.04 bits per heavy atom. The van der Waals surface area contributed by atoms with Crippen molar-refractivity contribution in [1.29, 1.82) is 0 Å². The number of fused-ring (bicyclic) bond motifs is 1. The molecule has 1 aromatic carbocycles. The van der Waals surface area contributed by atoms with E-state index in [4.69, 9.17) is 9.47 Å². The van der Waals surface area contributed by atoms with Gasteiger partial charge in [-0.3, -0.25) is 9.59 Å². The summed E-state index contributed by atoms with van der Waals surface area (Å²) in [4.78, 5) is 35.5. The fraction of sp³-hybridized carbons (Fsp3) is 0.526. The Labute approximate surface area is 157 Å². The first kappa shape index (κ1) is 20.5. The molecule has 1 aliphatic heterocycles. The van der Waals surface area contributed by atoms with Gasteiger partial charge in [0.15, 0.2) is 12.4 Å². The Bertz CT molecular complexity index is 757. The first-order valence-corrected chi connectivity index (χ1v) is 8.78. The first-order chi connectivity index (χ1) is 12.5. The fourth-order valence-electron chi connectivity index (χ4n) is 2.88. The number of carbonyl (C=O) groups excluding carboxylic acids is 2. The molecule has 1 amide bonds. The maximum absolute atomic E-state index is 12.2. The molecule has 0 saturated carbocycles. The van der Waals surface area contributed by atoms with Crippen LogP contribution in [-0.2, 0) is 9.59 Å². The summed E-state index contributed by atoms with van der Waals surface area (Å²) in [7, 11) is 0. The quantitative estimate of drug-likeness (QED) is 0.663. The van der Waals surface area contributed by atoms with E-state index in [0.717, 1.165) is 0 Å². The van der Waals surface area contributed by atoms with Gasteiger partial charge in [0.25, 0.3) is 5.91 Å². The molecule has 148 valence electrons. The number of ether oxygens (including phenoxy) is 2. The molecule has 8 nitrogen and oxygen atoms in total. The molecule has 1 aromatic rings. The highest BCUT2D eigenvalue weighted by atomic mass is 16.5. The second-order valence-electron chi connectivity index (χ2n) is 7.33. The van der Waals surface area contributed by atoms with Gasteiger partial charge >= 0.3 is 5.97 Å². The highest BCUT2D eigenvalue weighted by Gasteiger charge is 2.35. The van der Waals surface area contributed by atoms with Gasteiger partial charge in [-0.1, -0.05) is 20.3 Å². The van der Waals surface area contributed by atoms with Crippen LogP contribution in [0.1, 0.15) is 50.9 Å². The average Bonchev–Trinajstić information content (AvgIpc) is 2.54. The van der Waals surface area contributed by atoms with Crippen LogP contribution in [0.15, 0.2) is 12.1 Å². The fourth-order valence-corrected chi connectivity index (χ4v) is 2.88. The lowest BCUT2D eigenvalue weighted by Gasteiger charge is -2.32. The van der Waals surface area contributed by atoms with Crippen molar-refractivity contribution in [2.24, 2.45) is 5.92 Å². The molecule has 0 saturated heterocycles. The maximum atomic E-state index is 12.2. The lowest BCUT2D eigenvalue weighted by molar-refractivity contribution is -0.143. The van der Waals surface area contributed by atoms with Crippen LogP contribution < -0.4 is 14.8 Å². The number of amides is 1. The van der Waals surface area contributed by atoms with Crippen LogP contribution in [0.4, 0.5) is 0 Å². The summed E-state index contributed by atoms with van der Waals surface area (Å²) in [5.74, 6) is -2.14. The zero-order valence-corrected chi connectivity index (χ0v) is 15.9. The third kappa shape index (κ3) is 4.90. The van der Waals surface area contributed by atoms with Crippen LogP contribution in [-0.4, -0.2) is 46.1 Å². The molecule has 0 unspecified atom stereocenters. The number of phenols is 1. The van der Waals surface area contributed by atoms with E-state index < -0.39 is 30.1 Å². The number of aromatic hydroxyl groups is 1. The number of carbonyl (C=O) groups is 3. The normalized spacial score (nSPS) is 17.3. The number of carboxylic acids is 1. The lowest BCUT2D eigenvalue weighted by Crippen LogP contribution is -2.46. The van der Waals surface area contributed by atoms with E-state index in [1.165, 1.54) is 12.1 Å². The molecule has 1 aliphatic rings.